The summed E-state index contributed by atoms with van der Waals surface area (Å²) in [5.41, 5.74) is 10.5. The molecule has 0 saturated carbocycles. The maximum Gasteiger partial charge on any atom is 0.229 e. The quantitative estimate of drug-likeness (QED) is 0.673. The molecule has 3 aromatic rings. The number of fused-ring (bicyclic) bond motifs is 1. The van der Waals surface area contributed by atoms with Gasteiger partial charge >= 0.3 is 0 Å². The van der Waals surface area contributed by atoms with Crippen molar-refractivity contribution in [3.05, 3.63) is 47.3 Å². The lowest BCUT2D eigenvalue weighted by Crippen LogP contribution is -1.95. The maximum atomic E-state index is 13.1. The highest BCUT2D eigenvalue weighted by atomic mass is 19.1. The van der Waals surface area contributed by atoms with Crippen molar-refractivity contribution in [3.63, 3.8) is 0 Å². The van der Waals surface area contributed by atoms with E-state index in [2.05, 4.69) is 4.98 Å². The van der Waals surface area contributed by atoms with Crippen molar-refractivity contribution >= 4 is 16.8 Å². The summed E-state index contributed by atoms with van der Waals surface area (Å²) in [5.74, 6) is 0.0886. The molecule has 4 heteroatoms. The second kappa shape index (κ2) is 4.09. The van der Waals surface area contributed by atoms with Crippen LogP contribution in [-0.2, 0) is 0 Å². The average molecular weight is 256 g/mol. The van der Waals surface area contributed by atoms with Crippen molar-refractivity contribution in [2.75, 3.05) is 5.73 Å². The molecule has 0 aliphatic heterocycles. The van der Waals surface area contributed by atoms with Crippen LogP contribution in [0.15, 0.2) is 34.7 Å². The van der Waals surface area contributed by atoms with Crippen LogP contribution in [0.25, 0.3) is 22.6 Å². The third kappa shape index (κ3) is 1.95. The first-order chi connectivity index (χ1) is 9.04. The number of rotatable bonds is 1. The van der Waals surface area contributed by atoms with E-state index in [0.717, 1.165) is 16.7 Å². The Bertz CT molecular complexity index is 777. The molecule has 2 aromatic carbocycles. The molecule has 96 valence electrons. The van der Waals surface area contributed by atoms with Gasteiger partial charge in [0.05, 0.1) is 5.56 Å². The smallest absolute Gasteiger partial charge is 0.229 e. The Balaban J connectivity index is 2.24. The van der Waals surface area contributed by atoms with Gasteiger partial charge < -0.3 is 10.2 Å². The van der Waals surface area contributed by atoms with Crippen LogP contribution < -0.4 is 5.73 Å². The molecular weight excluding hydrogens is 243 g/mol. The van der Waals surface area contributed by atoms with Gasteiger partial charge in [0, 0.05) is 11.8 Å². The SMILES string of the molecule is Cc1cc(C)c(N)c(-c2nc3cc(F)ccc3o2)c1. The molecule has 2 N–H and O–H groups in total. The maximum absolute atomic E-state index is 13.1. The first kappa shape index (κ1) is 11.7. The number of hydrogen-bond acceptors (Lipinski definition) is 3. The van der Waals surface area contributed by atoms with Crippen LogP contribution in [0.1, 0.15) is 11.1 Å². The van der Waals surface area contributed by atoms with E-state index in [1.165, 1.54) is 12.1 Å². The average Bonchev–Trinajstić information content (AvgIpc) is 2.76. The lowest BCUT2D eigenvalue weighted by molar-refractivity contribution is 0.614. The zero-order valence-corrected chi connectivity index (χ0v) is 10.7. The molecule has 0 aliphatic carbocycles. The number of aryl methyl sites for hydroxylation is 2. The zero-order valence-electron chi connectivity index (χ0n) is 10.7. The van der Waals surface area contributed by atoms with Gasteiger partial charge in [-0.1, -0.05) is 6.07 Å². The van der Waals surface area contributed by atoms with Gasteiger partial charge in [-0.25, -0.2) is 9.37 Å². The molecule has 19 heavy (non-hydrogen) atoms. The van der Waals surface area contributed by atoms with Gasteiger partial charge in [-0.05, 0) is 43.2 Å². The van der Waals surface area contributed by atoms with Gasteiger partial charge in [0.2, 0.25) is 5.89 Å². The van der Waals surface area contributed by atoms with Crippen molar-refractivity contribution < 1.29 is 8.81 Å². The minimum Gasteiger partial charge on any atom is -0.436 e. The van der Waals surface area contributed by atoms with E-state index in [1.807, 2.05) is 26.0 Å². The highest BCUT2D eigenvalue weighted by molar-refractivity contribution is 5.80. The Labute approximate surface area is 109 Å². The second-order valence-electron chi connectivity index (χ2n) is 4.67. The number of nitrogen functional groups attached to an aromatic ring is 1. The Morgan fingerprint density at radius 1 is 1.16 bits per heavy atom. The fraction of sp³-hybridized carbons (Fsp3) is 0.133. The third-order valence-corrected chi connectivity index (χ3v) is 3.11. The third-order valence-electron chi connectivity index (χ3n) is 3.11. The van der Waals surface area contributed by atoms with E-state index in [0.29, 0.717) is 22.7 Å². The fourth-order valence-electron chi connectivity index (χ4n) is 2.17. The molecule has 0 saturated heterocycles. The standard InChI is InChI=1S/C15H13FN2O/c1-8-5-9(2)14(17)11(6-8)15-18-12-7-10(16)3-4-13(12)19-15/h3-7H,17H2,1-2H3. The molecule has 1 aromatic heterocycles. The van der Waals surface area contributed by atoms with E-state index < -0.39 is 0 Å². The van der Waals surface area contributed by atoms with Crippen molar-refractivity contribution in [3.8, 4) is 11.5 Å². The van der Waals surface area contributed by atoms with E-state index in [1.54, 1.807) is 6.07 Å². The predicted molar refractivity (Wildman–Crippen MR) is 73.3 cm³/mol. The van der Waals surface area contributed by atoms with Gasteiger partial charge in [0.1, 0.15) is 11.3 Å². The van der Waals surface area contributed by atoms with Crippen LogP contribution in [0.3, 0.4) is 0 Å². The van der Waals surface area contributed by atoms with Crippen molar-refractivity contribution in [1.29, 1.82) is 0 Å². The Hall–Kier alpha value is -2.36. The Morgan fingerprint density at radius 2 is 1.95 bits per heavy atom. The lowest BCUT2D eigenvalue weighted by atomic mass is 10.0. The summed E-state index contributed by atoms with van der Waals surface area (Å²) in [4.78, 5) is 4.30. The number of nitrogens with zero attached hydrogens (tertiary/aromatic N) is 1. The summed E-state index contributed by atoms with van der Waals surface area (Å²) in [5, 5.41) is 0. The number of benzene rings is 2. The summed E-state index contributed by atoms with van der Waals surface area (Å²) in [7, 11) is 0. The molecule has 0 unspecified atom stereocenters. The molecule has 0 spiro atoms. The summed E-state index contributed by atoms with van der Waals surface area (Å²) in [6, 6.07) is 8.19. The molecule has 0 amide bonds. The van der Waals surface area contributed by atoms with Crippen molar-refractivity contribution in [2.45, 2.75) is 13.8 Å². The number of hydrogen-bond donors (Lipinski definition) is 1. The topological polar surface area (TPSA) is 52.0 Å². The molecule has 0 atom stereocenters. The molecular formula is C15H13FN2O. The van der Waals surface area contributed by atoms with Crippen LogP contribution in [0, 0.1) is 19.7 Å². The van der Waals surface area contributed by atoms with Gasteiger partial charge in [-0.3, -0.25) is 0 Å². The number of aromatic nitrogens is 1. The van der Waals surface area contributed by atoms with E-state index in [9.17, 15) is 4.39 Å². The molecule has 0 bridgehead atoms. The van der Waals surface area contributed by atoms with Crippen molar-refractivity contribution in [1.82, 2.24) is 4.98 Å². The molecule has 0 radical (unpaired) electrons. The molecule has 1 heterocycles. The van der Waals surface area contributed by atoms with Crippen LogP contribution in [0.5, 0.6) is 0 Å². The monoisotopic (exact) mass is 256 g/mol. The van der Waals surface area contributed by atoms with Crippen molar-refractivity contribution in [2.24, 2.45) is 0 Å². The molecule has 3 nitrogen and oxygen atoms in total. The molecule has 0 aliphatic rings. The number of anilines is 1. The largest absolute Gasteiger partial charge is 0.436 e. The first-order valence-corrected chi connectivity index (χ1v) is 5.98. The van der Waals surface area contributed by atoms with E-state index in [-0.39, 0.29) is 5.82 Å². The minimum absolute atomic E-state index is 0.333. The van der Waals surface area contributed by atoms with Gasteiger partial charge in [-0.2, -0.15) is 0 Å². The first-order valence-electron chi connectivity index (χ1n) is 5.98. The van der Waals surface area contributed by atoms with E-state index in [4.69, 9.17) is 10.2 Å². The predicted octanol–water partition coefficient (Wildman–Crippen LogP) is 3.83. The Kier molecular flexibility index (Phi) is 2.52. The Morgan fingerprint density at radius 3 is 2.74 bits per heavy atom. The molecule has 0 fully saturated rings. The highest BCUT2D eigenvalue weighted by Crippen LogP contribution is 2.31. The second-order valence-corrected chi connectivity index (χ2v) is 4.67. The lowest BCUT2D eigenvalue weighted by Gasteiger charge is -2.06. The fourth-order valence-corrected chi connectivity index (χ4v) is 2.17. The number of oxazole rings is 1. The van der Waals surface area contributed by atoms with Gasteiger partial charge in [-0.15, -0.1) is 0 Å². The summed E-state index contributed by atoms with van der Waals surface area (Å²) in [6.45, 7) is 3.92. The van der Waals surface area contributed by atoms with E-state index >= 15 is 0 Å². The summed E-state index contributed by atoms with van der Waals surface area (Å²) in [6.07, 6.45) is 0. The van der Waals surface area contributed by atoms with Crippen LogP contribution >= 0.6 is 0 Å². The molecule has 3 rings (SSSR count). The van der Waals surface area contributed by atoms with Crippen LogP contribution in [0.4, 0.5) is 10.1 Å². The van der Waals surface area contributed by atoms with Crippen LogP contribution in [0.2, 0.25) is 0 Å². The number of halogens is 1. The zero-order chi connectivity index (χ0) is 13.6. The summed E-state index contributed by atoms with van der Waals surface area (Å²) >= 11 is 0. The number of nitrogens with two attached hydrogens (primary N) is 1. The highest BCUT2D eigenvalue weighted by Gasteiger charge is 2.13. The summed E-state index contributed by atoms with van der Waals surface area (Å²) < 4.78 is 18.8. The van der Waals surface area contributed by atoms with Gasteiger partial charge in [0.25, 0.3) is 0 Å². The minimum atomic E-state index is -0.333. The van der Waals surface area contributed by atoms with Gasteiger partial charge in [0.15, 0.2) is 5.58 Å². The van der Waals surface area contributed by atoms with Crippen LogP contribution in [-0.4, -0.2) is 4.98 Å². The normalized spacial score (nSPS) is 11.1.